The summed E-state index contributed by atoms with van der Waals surface area (Å²) in [5.41, 5.74) is 2.87. The lowest BCUT2D eigenvalue weighted by Crippen LogP contribution is -2.49. The van der Waals surface area contributed by atoms with Crippen LogP contribution < -0.4 is 4.90 Å². The van der Waals surface area contributed by atoms with E-state index in [1.54, 1.807) is 10.9 Å². The first kappa shape index (κ1) is 21.9. The summed E-state index contributed by atoms with van der Waals surface area (Å²) in [4.78, 5) is 17.4. The van der Waals surface area contributed by atoms with Gasteiger partial charge in [-0.05, 0) is 25.5 Å². The number of aryl methyl sites for hydroxylation is 1. The largest absolute Gasteiger partial charge is 0.354 e. The van der Waals surface area contributed by atoms with Gasteiger partial charge in [0.1, 0.15) is 24.0 Å². The first-order valence-electron chi connectivity index (χ1n) is 11.2. The van der Waals surface area contributed by atoms with E-state index in [0.29, 0.717) is 23.7 Å². The standard InChI is InChI=1S/C23H25FN10/c1-16-20(11-25)17(2)34(30-16)23-10-22(27-14-28-23)32-7-5-31(6-8-32)15-33-21(3-4-29-33)18-9-19(24)13-26-12-18/h4,9-10,12-14,21H,3,5-8,15H2,1-2H3/t21-/m0/s1. The Morgan fingerprint density at radius 2 is 1.88 bits per heavy atom. The van der Waals surface area contributed by atoms with E-state index in [-0.39, 0.29) is 11.9 Å². The fourth-order valence-corrected chi connectivity index (χ4v) is 4.48. The van der Waals surface area contributed by atoms with E-state index >= 15 is 0 Å². The third-order valence-corrected chi connectivity index (χ3v) is 6.33. The quantitative estimate of drug-likeness (QED) is 0.571. The van der Waals surface area contributed by atoms with Crippen LogP contribution in [0, 0.1) is 31.0 Å². The minimum atomic E-state index is -0.327. The Kier molecular flexibility index (Phi) is 5.90. The monoisotopic (exact) mass is 460 g/mol. The predicted octanol–water partition coefficient (Wildman–Crippen LogP) is 2.20. The van der Waals surface area contributed by atoms with Gasteiger partial charge in [-0.25, -0.2) is 19.0 Å². The highest BCUT2D eigenvalue weighted by Gasteiger charge is 2.27. The molecule has 1 saturated heterocycles. The highest BCUT2D eigenvalue weighted by molar-refractivity contribution is 5.60. The average molecular weight is 461 g/mol. The molecule has 0 N–H and O–H groups in total. The molecule has 34 heavy (non-hydrogen) atoms. The Bertz CT molecular complexity index is 1250. The van der Waals surface area contributed by atoms with Crippen LogP contribution in [-0.2, 0) is 0 Å². The minimum Gasteiger partial charge on any atom is -0.354 e. The van der Waals surface area contributed by atoms with Crippen molar-refractivity contribution in [1.29, 1.82) is 5.26 Å². The molecule has 5 rings (SSSR count). The lowest BCUT2D eigenvalue weighted by molar-refractivity contribution is 0.103. The highest BCUT2D eigenvalue weighted by atomic mass is 19.1. The summed E-state index contributed by atoms with van der Waals surface area (Å²) >= 11 is 0. The molecule has 0 unspecified atom stereocenters. The van der Waals surface area contributed by atoms with Gasteiger partial charge < -0.3 is 4.90 Å². The van der Waals surface area contributed by atoms with E-state index in [0.717, 1.165) is 49.7 Å². The maximum absolute atomic E-state index is 13.6. The molecule has 0 aliphatic carbocycles. The molecule has 3 aromatic rings. The second-order valence-electron chi connectivity index (χ2n) is 8.48. The van der Waals surface area contributed by atoms with Crippen molar-refractivity contribution in [3.63, 3.8) is 0 Å². The molecule has 1 fully saturated rings. The molecule has 3 aromatic heterocycles. The van der Waals surface area contributed by atoms with Gasteiger partial charge >= 0.3 is 0 Å². The Morgan fingerprint density at radius 1 is 1.09 bits per heavy atom. The lowest BCUT2D eigenvalue weighted by Gasteiger charge is -2.38. The summed E-state index contributed by atoms with van der Waals surface area (Å²) in [6, 6.07) is 5.65. The van der Waals surface area contributed by atoms with Crippen LogP contribution in [0.1, 0.15) is 35.0 Å². The molecular formula is C23H25FN10. The summed E-state index contributed by atoms with van der Waals surface area (Å²) in [6.45, 7) is 7.66. The number of piperazine rings is 1. The van der Waals surface area contributed by atoms with Gasteiger partial charge in [-0.2, -0.15) is 15.5 Å². The summed E-state index contributed by atoms with van der Waals surface area (Å²) in [5.74, 6) is 1.15. The van der Waals surface area contributed by atoms with Crippen molar-refractivity contribution in [2.75, 3.05) is 37.7 Å². The summed E-state index contributed by atoms with van der Waals surface area (Å²) in [5, 5.41) is 20.3. The highest BCUT2D eigenvalue weighted by Crippen LogP contribution is 2.28. The smallest absolute Gasteiger partial charge is 0.159 e. The van der Waals surface area contributed by atoms with Crippen LogP contribution in [0.25, 0.3) is 5.82 Å². The maximum Gasteiger partial charge on any atom is 0.159 e. The molecule has 0 amide bonds. The Labute approximate surface area is 197 Å². The van der Waals surface area contributed by atoms with Gasteiger partial charge in [0.15, 0.2) is 5.82 Å². The normalized spacial score (nSPS) is 18.5. The fraction of sp³-hybridized carbons (Fsp3) is 0.391. The number of aromatic nitrogens is 5. The topological polar surface area (TPSA) is 102 Å². The van der Waals surface area contributed by atoms with Gasteiger partial charge in [0.05, 0.1) is 35.9 Å². The van der Waals surface area contributed by atoms with E-state index in [4.69, 9.17) is 0 Å². The van der Waals surface area contributed by atoms with Crippen LogP contribution in [0.15, 0.2) is 36.0 Å². The van der Waals surface area contributed by atoms with Crippen molar-refractivity contribution in [1.82, 2.24) is 34.6 Å². The molecule has 5 heterocycles. The van der Waals surface area contributed by atoms with Crippen LogP contribution in [0.4, 0.5) is 10.2 Å². The molecule has 0 spiro atoms. The van der Waals surface area contributed by atoms with Crippen LogP contribution >= 0.6 is 0 Å². The second-order valence-corrected chi connectivity index (χ2v) is 8.48. The number of halogens is 1. The van der Waals surface area contributed by atoms with Crippen LogP contribution in [-0.4, -0.2) is 73.7 Å². The number of rotatable bonds is 5. The van der Waals surface area contributed by atoms with Gasteiger partial charge in [0.25, 0.3) is 0 Å². The number of hydrazone groups is 1. The van der Waals surface area contributed by atoms with E-state index in [9.17, 15) is 9.65 Å². The molecule has 0 saturated carbocycles. The summed E-state index contributed by atoms with van der Waals surface area (Å²) in [6.07, 6.45) is 7.09. The summed E-state index contributed by atoms with van der Waals surface area (Å²) < 4.78 is 15.3. The van der Waals surface area contributed by atoms with Crippen molar-refractivity contribution in [3.05, 3.63) is 59.2 Å². The van der Waals surface area contributed by atoms with E-state index in [1.165, 1.54) is 18.6 Å². The molecule has 1 atom stereocenters. The maximum atomic E-state index is 13.6. The molecule has 2 aliphatic rings. The third-order valence-electron chi connectivity index (χ3n) is 6.33. The number of nitriles is 1. The van der Waals surface area contributed by atoms with Gasteiger partial charge in [-0.1, -0.05) is 0 Å². The first-order chi connectivity index (χ1) is 16.5. The minimum absolute atomic E-state index is 0.00437. The zero-order chi connectivity index (χ0) is 23.7. The number of pyridine rings is 1. The number of hydrogen-bond acceptors (Lipinski definition) is 9. The zero-order valence-electron chi connectivity index (χ0n) is 19.1. The van der Waals surface area contributed by atoms with Crippen molar-refractivity contribution in [2.24, 2.45) is 5.10 Å². The predicted molar refractivity (Wildman–Crippen MR) is 124 cm³/mol. The number of anilines is 1. The third kappa shape index (κ3) is 4.20. The lowest BCUT2D eigenvalue weighted by atomic mass is 10.1. The van der Waals surface area contributed by atoms with Gasteiger partial charge in [-0.15, -0.1) is 0 Å². The molecule has 10 nitrogen and oxygen atoms in total. The fourth-order valence-electron chi connectivity index (χ4n) is 4.48. The number of nitrogens with zero attached hydrogens (tertiary/aromatic N) is 10. The molecule has 0 bridgehead atoms. The van der Waals surface area contributed by atoms with Crippen LogP contribution in [0.2, 0.25) is 0 Å². The molecule has 0 radical (unpaired) electrons. The Morgan fingerprint density at radius 3 is 2.62 bits per heavy atom. The molecule has 174 valence electrons. The summed E-state index contributed by atoms with van der Waals surface area (Å²) in [7, 11) is 0. The number of hydrogen-bond donors (Lipinski definition) is 0. The van der Waals surface area contributed by atoms with Crippen molar-refractivity contribution >= 4 is 12.0 Å². The van der Waals surface area contributed by atoms with Crippen LogP contribution in [0.5, 0.6) is 0 Å². The van der Waals surface area contributed by atoms with E-state index in [2.05, 4.69) is 41.0 Å². The SMILES string of the molecule is Cc1nn(-c2cc(N3CCN(CN4N=CC[C@H]4c4cncc(F)c4)CC3)ncn2)c(C)c1C#N. The van der Waals surface area contributed by atoms with E-state index < -0.39 is 0 Å². The second kappa shape index (κ2) is 9.15. The average Bonchev–Trinajstić information content (AvgIpc) is 3.43. The van der Waals surface area contributed by atoms with Gasteiger partial charge in [0, 0.05) is 51.1 Å². The van der Waals surface area contributed by atoms with Crippen molar-refractivity contribution in [2.45, 2.75) is 26.3 Å². The van der Waals surface area contributed by atoms with Gasteiger partial charge in [0.2, 0.25) is 0 Å². The molecule has 0 aromatic carbocycles. The molecular weight excluding hydrogens is 435 g/mol. The van der Waals surface area contributed by atoms with E-state index in [1.807, 2.05) is 31.1 Å². The van der Waals surface area contributed by atoms with Crippen molar-refractivity contribution < 1.29 is 4.39 Å². The van der Waals surface area contributed by atoms with Crippen molar-refractivity contribution in [3.8, 4) is 11.9 Å². The zero-order valence-corrected chi connectivity index (χ0v) is 19.1. The molecule has 2 aliphatic heterocycles. The van der Waals surface area contributed by atoms with Gasteiger partial charge in [-0.3, -0.25) is 14.9 Å². The van der Waals surface area contributed by atoms with Crippen LogP contribution in [0.3, 0.4) is 0 Å². The molecule has 11 heteroatoms. The Balaban J connectivity index is 1.23. The first-order valence-corrected chi connectivity index (χ1v) is 11.2. The Hall–Kier alpha value is -3.91.